The molecule has 1 fully saturated rings. The van der Waals surface area contributed by atoms with Crippen LogP contribution < -0.4 is 0 Å². The van der Waals surface area contributed by atoms with E-state index in [1.165, 1.54) is 0 Å². The number of halogens is 2. The van der Waals surface area contributed by atoms with Gasteiger partial charge in [-0.3, -0.25) is 14.6 Å². The van der Waals surface area contributed by atoms with Gasteiger partial charge in [-0.15, -0.1) is 0 Å². The second-order valence-electron chi connectivity index (χ2n) is 6.38. The van der Waals surface area contributed by atoms with E-state index in [2.05, 4.69) is 4.98 Å². The van der Waals surface area contributed by atoms with Crippen molar-refractivity contribution in [1.29, 1.82) is 0 Å². The molecule has 0 bridgehead atoms. The van der Waals surface area contributed by atoms with Gasteiger partial charge in [0.2, 0.25) is 0 Å². The summed E-state index contributed by atoms with van der Waals surface area (Å²) < 4.78 is 5.07. The van der Waals surface area contributed by atoms with Crippen LogP contribution in [0.5, 0.6) is 0 Å². The van der Waals surface area contributed by atoms with Crippen LogP contribution in [0.15, 0.2) is 36.7 Å². The summed E-state index contributed by atoms with van der Waals surface area (Å²) in [4.78, 5) is 30.6. The van der Waals surface area contributed by atoms with Crippen molar-refractivity contribution in [3.05, 3.63) is 52.3 Å². The molecule has 0 spiro atoms. The van der Waals surface area contributed by atoms with E-state index in [0.29, 0.717) is 48.1 Å². The van der Waals surface area contributed by atoms with Gasteiger partial charge >= 0.3 is 5.97 Å². The van der Waals surface area contributed by atoms with Crippen LogP contribution in [0.1, 0.15) is 30.1 Å². The van der Waals surface area contributed by atoms with Crippen molar-refractivity contribution < 1.29 is 14.3 Å². The molecule has 1 aliphatic rings. The van der Waals surface area contributed by atoms with Crippen molar-refractivity contribution in [2.24, 2.45) is 5.92 Å². The fourth-order valence-electron chi connectivity index (χ4n) is 3.19. The van der Waals surface area contributed by atoms with E-state index in [1.807, 2.05) is 6.07 Å². The summed E-state index contributed by atoms with van der Waals surface area (Å²) in [6.45, 7) is 3.21. The summed E-state index contributed by atoms with van der Waals surface area (Å²) in [6.07, 6.45) is 4.42. The number of carbonyl (C=O) groups is 2. The summed E-state index contributed by atoms with van der Waals surface area (Å²) in [5.74, 6) is -0.419. The first-order chi connectivity index (χ1) is 13.0. The Morgan fingerprint density at radius 2 is 1.96 bits per heavy atom. The summed E-state index contributed by atoms with van der Waals surface area (Å²) in [7, 11) is 0. The molecule has 7 heteroatoms. The summed E-state index contributed by atoms with van der Waals surface area (Å²) >= 11 is 12.4. The van der Waals surface area contributed by atoms with Crippen LogP contribution in [0.2, 0.25) is 10.0 Å². The second-order valence-corrected chi connectivity index (χ2v) is 7.17. The van der Waals surface area contributed by atoms with Gasteiger partial charge < -0.3 is 9.64 Å². The number of benzene rings is 1. The number of amides is 1. The average molecular weight is 407 g/mol. The Kier molecular flexibility index (Phi) is 6.34. The Morgan fingerprint density at radius 3 is 2.67 bits per heavy atom. The Bertz CT molecular complexity index is 849. The number of rotatable bonds is 4. The van der Waals surface area contributed by atoms with Crippen molar-refractivity contribution >= 4 is 35.1 Å². The standard InChI is InChI=1S/C20H20Cl2N2O3/c1-2-27-20(26)13-6-8-24(9-7-13)19(25)15-10-14(11-23-12-15)16-4-3-5-17(21)18(16)22/h3-5,10-13H,2,6-9H2,1H3. The fraction of sp³-hybridized carbons (Fsp3) is 0.350. The third kappa shape index (κ3) is 4.42. The minimum Gasteiger partial charge on any atom is -0.466 e. The highest BCUT2D eigenvalue weighted by Crippen LogP contribution is 2.33. The van der Waals surface area contributed by atoms with E-state index >= 15 is 0 Å². The Balaban J connectivity index is 1.73. The molecule has 0 radical (unpaired) electrons. The van der Waals surface area contributed by atoms with Crippen molar-refractivity contribution in [2.75, 3.05) is 19.7 Å². The Labute approximate surface area is 168 Å². The Hall–Kier alpha value is -2.11. The first-order valence-electron chi connectivity index (χ1n) is 8.86. The van der Waals surface area contributed by atoms with Crippen LogP contribution in [0, 0.1) is 5.92 Å². The number of likely N-dealkylation sites (tertiary alicyclic amines) is 1. The maximum Gasteiger partial charge on any atom is 0.309 e. The molecule has 1 aromatic heterocycles. The largest absolute Gasteiger partial charge is 0.466 e. The molecular formula is C20H20Cl2N2O3. The van der Waals surface area contributed by atoms with Crippen molar-refractivity contribution in [2.45, 2.75) is 19.8 Å². The van der Waals surface area contributed by atoms with E-state index in [-0.39, 0.29) is 17.8 Å². The first-order valence-corrected chi connectivity index (χ1v) is 9.62. The van der Waals surface area contributed by atoms with E-state index in [9.17, 15) is 9.59 Å². The zero-order valence-electron chi connectivity index (χ0n) is 15.0. The molecule has 2 aromatic rings. The molecule has 0 unspecified atom stereocenters. The number of nitrogens with zero attached hydrogens (tertiary/aromatic N) is 2. The summed E-state index contributed by atoms with van der Waals surface area (Å²) in [6, 6.07) is 7.12. The van der Waals surface area contributed by atoms with Crippen LogP contribution in [0.3, 0.4) is 0 Å². The molecule has 0 N–H and O–H groups in total. The number of esters is 1. The smallest absolute Gasteiger partial charge is 0.309 e. The van der Waals surface area contributed by atoms with Gasteiger partial charge in [0.25, 0.3) is 5.91 Å². The molecular weight excluding hydrogens is 387 g/mol. The van der Waals surface area contributed by atoms with Crippen molar-refractivity contribution in [3.8, 4) is 11.1 Å². The molecule has 1 aromatic carbocycles. The van der Waals surface area contributed by atoms with Gasteiger partial charge in [0.15, 0.2) is 0 Å². The second kappa shape index (κ2) is 8.72. The molecule has 0 saturated carbocycles. The summed E-state index contributed by atoms with van der Waals surface area (Å²) in [5, 5.41) is 0.882. The first kappa shape index (κ1) is 19.6. The molecule has 27 heavy (non-hydrogen) atoms. The minimum absolute atomic E-state index is 0.107. The lowest BCUT2D eigenvalue weighted by Gasteiger charge is -2.31. The number of carbonyl (C=O) groups excluding carboxylic acids is 2. The van der Waals surface area contributed by atoms with Gasteiger partial charge in [0.05, 0.1) is 28.1 Å². The molecule has 5 nitrogen and oxygen atoms in total. The van der Waals surface area contributed by atoms with Gasteiger partial charge in [-0.2, -0.15) is 0 Å². The van der Waals surface area contributed by atoms with Crippen molar-refractivity contribution in [3.63, 3.8) is 0 Å². The monoisotopic (exact) mass is 406 g/mol. The Morgan fingerprint density at radius 1 is 1.22 bits per heavy atom. The molecule has 0 aliphatic carbocycles. The maximum atomic E-state index is 12.8. The van der Waals surface area contributed by atoms with Gasteiger partial charge in [-0.05, 0) is 31.9 Å². The predicted molar refractivity (Wildman–Crippen MR) is 105 cm³/mol. The van der Waals surface area contributed by atoms with Gasteiger partial charge in [-0.1, -0.05) is 35.3 Å². The van der Waals surface area contributed by atoms with E-state index in [4.69, 9.17) is 27.9 Å². The zero-order chi connectivity index (χ0) is 19.4. The molecule has 0 atom stereocenters. The lowest BCUT2D eigenvalue weighted by atomic mass is 9.96. The van der Waals surface area contributed by atoms with Crippen LogP contribution in [-0.2, 0) is 9.53 Å². The molecule has 1 saturated heterocycles. The van der Waals surface area contributed by atoms with Gasteiger partial charge in [-0.25, -0.2) is 0 Å². The van der Waals surface area contributed by atoms with E-state index in [1.54, 1.807) is 42.4 Å². The highest BCUT2D eigenvalue weighted by atomic mass is 35.5. The van der Waals surface area contributed by atoms with Crippen LogP contribution in [-0.4, -0.2) is 41.5 Å². The molecule has 142 valence electrons. The molecule has 2 heterocycles. The lowest BCUT2D eigenvalue weighted by molar-refractivity contribution is -0.149. The highest BCUT2D eigenvalue weighted by Gasteiger charge is 2.28. The number of hydrogen-bond donors (Lipinski definition) is 0. The van der Waals surface area contributed by atoms with Crippen molar-refractivity contribution in [1.82, 2.24) is 9.88 Å². The van der Waals surface area contributed by atoms with Gasteiger partial charge in [0, 0.05) is 36.6 Å². The van der Waals surface area contributed by atoms with E-state index < -0.39 is 0 Å². The highest BCUT2D eigenvalue weighted by molar-refractivity contribution is 6.43. The lowest BCUT2D eigenvalue weighted by Crippen LogP contribution is -2.40. The molecule has 1 aliphatic heterocycles. The third-order valence-electron chi connectivity index (χ3n) is 4.65. The normalized spacial score (nSPS) is 14.9. The summed E-state index contributed by atoms with van der Waals surface area (Å²) in [5.41, 5.74) is 1.94. The third-order valence-corrected chi connectivity index (χ3v) is 5.47. The average Bonchev–Trinajstić information content (AvgIpc) is 2.70. The number of hydrogen-bond acceptors (Lipinski definition) is 4. The minimum atomic E-state index is -0.177. The van der Waals surface area contributed by atoms with Gasteiger partial charge in [0.1, 0.15) is 0 Å². The van der Waals surface area contributed by atoms with Crippen LogP contribution in [0.4, 0.5) is 0 Å². The number of aromatic nitrogens is 1. The topological polar surface area (TPSA) is 59.5 Å². The fourth-order valence-corrected chi connectivity index (χ4v) is 3.60. The number of piperidine rings is 1. The maximum absolute atomic E-state index is 12.8. The van der Waals surface area contributed by atoms with Crippen LogP contribution >= 0.6 is 23.2 Å². The number of pyridine rings is 1. The molecule has 3 rings (SSSR count). The number of ether oxygens (including phenoxy) is 1. The van der Waals surface area contributed by atoms with E-state index in [0.717, 1.165) is 11.1 Å². The zero-order valence-corrected chi connectivity index (χ0v) is 16.5. The molecule has 1 amide bonds. The quantitative estimate of drug-likeness (QED) is 0.702. The predicted octanol–water partition coefficient (Wildman–Crippen LogP) is 4.47. The van der Waals surface area contributed by atoms with Crippen LogP contribution in [0.25, 0.3) is 11.1 Å². The SMILES string of the molecule is CCOC(=O)C1CCN(C(=O)c2cncc(-c3cccc(Cl)c3Cl)c2)CC1.